The molecule has 0 spiro atoms. The van der Waals surface area contributed by atoms with Gasteiger partial charge in [0.15, 0.2) is 9.84 Å². The molecule has 8 N–H and O–H groups in total. The lowest BCUT2D eigenvalue weighted by molar-refractivity contribution is -0.140. The van der Waals surface area contributed by atoms with Crippen LogP contribution in [-0.4, -0.2) is 148 Å². The molecule has 1 aliphatic carbocycles. The summed E-state index contributed by atoms with van der Waals surface area (Å²) in [4.78, 5) is 137. The fraction of sp³-hybridized carbons (Fsp3) is 0.451. The number of carboxylic acids is 1. The molecule has 76 heavy (non-hydrogen) atoms. The van der Waals surface area contributed by atoms with E-state index in [0.29, 0.717) is 58.6 Å². The Balaban J connectivity index is 0.892. The number of aliphatic carboxylic acids is 1. The first-order chi connectivity index (χ1) is 36.2. The number of hydrogen-bond donors (Lipinski definition) is 7. The van der Waals surface area contributed by atoms with Gasteiger partial charge in [-0.15, -0.1) is 11.8 Å². The molecule has 5 aliphatic rings. The van der Waals surface area contributed by atoms with Crippen LogP contribution in [0.5, 0.6) is 0 Å². The zero-order chi connectivity index (χ0) is 54.3. The summed E-state index contributed by atoms with van der Waals surface area (Å²) in [6.45, 7) is 0.824. The van der Waals surface area contributed by atoms with Gasteiger partial charge in [-0.1, -0.05) is 12.1 Å². The Bertz CT molecular complexity index is 3310. The number of thioether (sulfide) groups is 1. The fourth-order valence-corrected chi connectivity index (χ4v) is 12.3. The number of piperidine rings is 1. The topological polar surface area (TPSA) is 330 Å². The van der Waals surface area contributed by atoms with Gasteiger partial charge in [0, 0.05) is 129 Å². The average Bonchev–Trinajstić information content (AvgIpc) is 4.07. The minimum Gasteiger partial charge on any atom is -0.480 e. The van der Waals surface area contributed by atoms with E-state index in [1.165, 1.54) is 9.47 Å². The van der Waals surface area contributed by atoms with Crippen LogP contribution in [0.3, 0.4) is 0 Å². The molecule has 8 amide bonds. The fourth-order valence-electron chi connectivity index (χ4n) is 10.4. The highest BCUT2D eigenvalue weighted by Crippen LogP contribution is 2.45. The molecule has 6 heterocycles. The van der Waals surface area contributed by atoms with Gasteiger partial charge in [-0.3, -0.25) is 58.2 Å². The second kappa shape index (κ2) is 21.7. The van der Waals surface area contributed by atoms with E-state index in [2.05, 4.69) is 31.2 Å². The van der Waals surface area contributed by atoms with E-state index in [4.69, 9.17) is 10.8 Å². The van der Waals surface area contributed by atoms with Crippen molar-refractivity contribution in [2.24, 2.45) is 18.7 Å². The molecule has 25 heteroatoms. The summed E-state index contributed by atoms with van der Waals surface area (Å²) < 4.78 is 27.4. The molecule has 0 radical (unpaired) electrons. The van der Waals surface area contributed by atoms with Gasteiger partial charge in [0.1, 0.15) is 23.3 Å². The van der Waals surface area contributed by atoms with Crippen molar-refractivity contribution in [3.8, 4) is 11.1 Å². The lowest BCUT2D eigenvalue weighted by Crippen LogP contribution is -2.52. The van der Waals surface area contributed by atoms with Crippen LogP contribution in [0, 0.1) is 5.92 Å². The highest BCUT2D eigenvalue weighted by atomic mass is 32.2. The number of carbonyl (C=O) groups excluding carboxylic acids is 8. The minimum atomic E-state index is -3.71. The van der Waals surface area contributed by atoms with E-state index in [9.17, 15) is 56.4 Å². The van der Waals surface area contributed by atoms with Crippen molar-refractivity contribution in [1.82, 2.24) is 40.6 Å². The molecule has 2 aromatic heterocycles. The Kier molecular flexibility index (Phi) is 15.3. The minimum absolute atomic E-state index is 0.0196. The van der Waals surface area contributed by atoms with Crippen LogP contribution in [0.4, 0.5) is 5.69 Å². The van der Waals surface area contributed by atoms with Crippen LogP contribution >= 0.6 is 11.8 Å². The maximum atomic E-state index is 14.3. The molecule has 3 fully saturated rings. The van der Waals surface area contributed by atoms with Gasteiger partial charge in [-0.2, -0.15) is 0 Å². The van der Waals surface area contributed by atoms with Crippen LogP contribution in [0.2, 0.25) is 0 Å². The van der Waals surface area contributed by atoms with Gasteiger partial charge in [0.05, 0.1) is 11.0 Å². The second-order valence-corrected chi connectivity index (χ2v) is 23.4. The number of nitrogens with zero attached hydrogens (tertiary/aromatic N) is 4. The van der Waals surface area contributed by atoms with E-state index in [1.807, 2.05) is 6.07 Å². The number of likely N-dealkylation sites (tertiary alicyclic amines) is 1. The maximum Gasteiger partial charge on any atom is 0.321 e. The number of H-pyrrole nitrogens is 1. The molecule has 4 aliphatic heterocycles. The summed E-state index contributed by atoms with van der Waals surface area (Å²) in [5, 5.41) is 19.5. The molecule has 1 saturated carbocycles. The molecule has 2 saturated heterocycles. The first-order valence-electron chi connectivity index (χ1n) is 25.0. The normalized spacial score (nSPS) is 18.6. The van der Waals surface area contributed by atoms with Crippen LogP contribution < -0.4 is 37.5 Å². The molecular formula is C51H58N10O13S2. The number of aryl methyl sites for hydroxylation is 2. The number of nitrogens with two attached hydrogens (primary N) is 1. The number of aromatic amines is 1. The molecule has 0 bridgehead atoms. The van der Waals surface area contributed by atoms with Crippen molar-refractivity contribution in [1.29, 1.82) is 0 Å². The number of rotatable bonds is 21. The first-order valence-corrected chi connectivity index (χ1v) is 28.1. The van der Waals surface area contributed by atoms with Gasteiger partial charge in [0.2, 0.25) is 29.5 Å². The Morgan fingerprint density at radius 2 is 1.66 bits per heavy atom. The van der Waals surface area contributed by atoms with Crippen molar-refractivity contribution < 1.29 is 56.7 Å². The molecule has 2 unspecified atom stereocenters. The van der Waals surface area contributed by atoms with Crippen molar-refractivity contribution >= 4 is 91.4 Å². The standard InChI is InChI=1S/C51H58N10O13S2/c1-58-21-33-31-17-28(25-76(2,73)74)30(45(65)54-13-4-6-27-5-3-7-29-32(27)23-61(48(29)68)36-10-11-40(63)56-46(36)66)18-37(31)59(20-26-8-9-26)22-34-42(33)44(50(58)70)57-43(34)47(67)55-15-14-53-39(62)12-16-60-41(64)19-38(49(60)69)75-24-35(52)51(71)72/h3,5,7,17-18,21,26,35-36,38,57H,4,6,8-16,19-20,22-25,52H2,1-2H3,(H,53,62)(H,54,65)(H,55,67)(H,71,72)(H,56,63,66)/t35-,36?,38?/m0/s1. The lowest BCUT2D eigenvalue weighted by Gasteiger charge is -2.29. The zero-order valence-electron chi connectivity index (χ0n) is 41.8. The third-order valence-corrected chi connectivity index (χ3v) is 16.5. The van der Waals surface area contributed by atoms with E-state index in [-0.39, 0.29) is 105 Å². The number of hydrogen-bond acceptors (Lipinski definition) is 15. The van der Waals surface area contributed by atoms with E-state index in [0.717, 1.165) is 46.9 Å². The van der Waals surface area contributed by atoms with Crippen LogP contribution in [-0.2, 0) is 70.9 Å². The lowest BCUT2D eigenvalue weighted by atomic mass is 9.95. The quantitative estimate of drug-likeness (QED) is 0.0440. The Morgan fingerprint density at radius 3 is 2.38 bits per heavy atom. The molecule has 3 atom stereocenters. The Hall–Kier alpha value is -7.38. The number of anilines is 1. The summed E-state index contributed by atoms with van der Waals surface area (Å²) in [6, 6.07) is 6.78. The molecule has 4 aromatic rings. The Morgan fingerprint density at radius 1 is 0.908 bits per heavy atom. The number of amides is 8. The highest BCUT2D eigenvalue weighted by Gasteiger charge is 2.41. The number of fused-ring (bicyclic) bond motifs is 3. The largest absolute Gasteiger partial charge is 0.480 e. The Labute approximate surface area is 439 Å². The summed E-state index contributed by atoms with van der Waals surface area (Å²) in [7, 11) is -2.15. The van der Waals surface area contributed by atoms with Crippen molar-refractivity contribution in [2.45, 2.75) is 87.5 Å². The average molecular weight is 1080 g/mol. The van der Waals surface area contributed by atoms with Crippen molar-refractivity contribution in [3.63, 3.8) is 0 Å². The number of imide groups is 2. The molecule has 402 valence electrons. The van der Waals surface area contributed by atoms with Gasteiger partial charge < -0.3 is 46.1 Å². The van der Waals surface area contributed by atoms with Crippen molar-refractivity contribution in [2.75, 3.05) is 49.6 Å². The zero-order valence-corrected chi connectivity index (χ0v) is 43.5. The summed E-state index contributed by atoms with van der Waals surface area (Å²) in [5.41, 5.74) is 10.1. The third-order valence-electron chi connectivity index (χ3n) is 14.4. The predicted molar refractivity (Wildman–Crippen MR) is 278 cm³/mol. The van der Waals surface area contributed by atoms with E-state index < -0.39 is 79.9 Å². The number of sulfone groups is 1. The summed E-state index contributed by atoms with van der Waals surface area (Å²) in [5.74, 6) is -5.21. The SMILES string of the molecule is Cn1cc2c3c(c(C(=O)NCCNC(=O)CCN4C(=O)CC(SC[C@H](N)C(=O)O)C4=O)[nH]c3c1=O)CN(CC1CC1)c1cc(C(=O)NCCCc3cccc4c3CN(C3CCC(=O)NC3=O)C4=O)c(CS(C)(=O)=O)cc1-2. The van der Waals surface area contributed by atoms with Crippen LogP contribution in [0.15, 0.2) is 41.3 Å². The number of benzene rings is 2. The van der Waals surface area contributed by atoms with Crippen LogP contribution in [0.25, 0.3) is 22.0 Å². The van der Waals surface area contributed by atoms with Gasteiger partial charge in [-0.05, 0) is 72.9 Å². The maximum absolute atomic E-state index is 14.3. The number of nitrogens with one attached hydrogen (secondary N) is 5. The second-order valence-electron chi connectivity index (χ2n) is 20.0. The van der Waals surface area contributed by atoms with Crippen molar-refractivity contribution in [3.05, 3.63) is 86.0 Å². The summed E-state index contributed by atoms with van der Waals surface area (Å²) >= 11 is 0.976. The third kappa shape index (κ3) is 11.3. The molecule has 23 nitrogen and oxygen atoms in total. The van der Waals surface area contributed by atoms with Crippen LogP contribution in [0.1, 0.15) is 98.4 Å². The van der Waals surface area contributed by atoms with Gasteiger partial charge >= 0.3 is 5.97 Å². The predicted octanol–water partition coefficient (Wildman–Crippen LogP) is 0.441. The molecular weight excluding hydrogens is 1020 g/mol. The highest BCUT2D eigenvalue weighted by molar-refractivity contribution is 8.00. The number of carbonyl (C=O) groups is 9. The number of aromatic nitrogens is 2. The summed E-state index contributed by atoms with van der Waals surface area (Å²) in [6.07, 6.45) is 5.56. The molecule has 2 aromatic carbocycles. The number of pyridine rings is 1. The first kappa shape index (κ1) is 53.4. The monoisotopic (exact) mass is 1080 g/mol. The number of carboxylic acid groups (broad SMARTS) is 1. The van der Waals surface area contributed by atoms with Gasteiger partial charge in [-0.25, -0.2) is 8.42 Å². The van der Waals surface area contributed by atoms with E-state index >= 15 is 0 Å². The smallest absolute Gasteiger partial charge is 0.321 e. The van der Waals surface area contributed by atoms with Gasteiger partial charge in [0.25, 0.3) is 23.3 Å². The molecule has 9 rings (SSSR count). The van der Waals surface area contributed by atoms with E-state index in [1.54, 1.807) is 37.5 Å².